The fourth-order valence-electron chi connectivity index (χ4n) is 2.16. The summed E-state index contributed by atoms with van der Waals surface area (Å²) in [5.41, 5.74) is 2.94. The average molecular weight is 294 g/mol. The number of nitrogens with one attached hydrogen (secondary N) is 1. The molecule has 3 aromatic rings. The fourth-order valence-corrected chi connectivity index (χ4v) is 2.16. The van der Waals surface area contributed by atoms with E-state index in [1.165, 1.54) is 0 Å². The molecule has 0 bridgehead atoms. The SMILES string of the molecule is CCC(C)NC(=O)c1ccn2nc(-c3ccccc3)cc2n1. The third-order valence-corrected chi connectivity index (χ3v) is 3.62. The van der Waals surface area contributed by atoms with Crippen LogP contribution < -0.4 is 5.32 Å². The van der Waals surface area contributed by atoms with Crippen LogP contribution in [0, 0.1) is 0 Å². The Hall–Kier alpha value is -2.69. The minimum Gasteiger partial charge on any atom is -0.348 e. The van der Waals surface area contributed by atoms with Crippen LogP contribution in [-0.2, 0) is 0 Å². The summed E-state index contributed by atoms with van der Waals surface area (Å²) in [6.45, 7) is 4.01. The van der Waals surface area contributed by atoms with Gasteiger partial charge in [-0.05, 0) is 19.4 Å². The Morgan fingerprint density at radius 2 is 2.05 bits per heavy atom. The van der Waals surface area contributed by atoms with Crippen LogP contribution in [0.3, 0.4) is 0 Å². The van der Waals surface area contributed by atoms with Gasteiger partial charge in [0.05, 0.1) is 5.69 Å². The molecule has 0 saturated heterocycles. The van der Waals surface area contributed by atoms with Crippen molar-refractivity contribution in [2.75, 3.05) is 0 Å². The third-order valence-electron chi connectivity index (χ3n) is 3.62. The van der Waals surface area contributed by atoms with E-state index in [4.69, 9.17) is 0 Å². The fraction of sp³-hybridized carbons (Fsp3) is 0.235. The highest BCUT2D eigenvalue weighted by Gasteiger charge is 2.12. The molecule has 3 rings (SSSR count). The molecule has 112 valence electrons. The first-order valence-electron chi connectivity index (χ1n) is 7.40. The van der Waals surface area contributed by atoms with Crippen LogP contribution in [0.25, 0.3) is 16.9 Å². The van der Waals surface area contributed by atoms with E-state index in [2.05, 4.69) is 15.4 Å². The Labute approximate surface area is 129 Å². The zero-order valence-corrected chi connectivity index (χ0v) is 12.7. The van der Waals surface area contributed by atoms with Crippen LogP contribution in [0.5, 0.6) is 0 Å². The number of nitrogens with zero attached hydrogens (tertiary/aromatic N) is 3. The number of hydrogen-bond donors (Lipinski definition) is 1. The van der Waals surface area contributed by atoms with Gasteiger partial charge in [0.1, 0.15) is 5.69 Å². The van der Waals surface area contributed by atoms with Gasteiger partial charge in [-0.15, -0.1) is 0 Å². The van der Waals surface area contributed by atoms with Gasteiger partial charge in [-0.2, -0.15) is 5.10 Å². The Kier molecular flexibility index (Phi) is 3.87. The molecule has 1 aromatic carbocycles. The minimum absolute atomic E-state index is 0.135. The Balaban J connectivity index is 1.92. The van der Waals surface area contributed by atoms with Crippen LogP contribution >= 0.6 is 0 Å². The second-order valence-electron chi connectivity index (χ2n) is 5.29. The second kappa shape index (κ2) is 5.97. The van der Waals surface area contributed by atoms with Gasteiger partial charge in [-0.1, -0.05) is 37.3 Å². The van der Waals surface area contributed by atoms with Gasteiger partial charge in [0, 0.05) is 23.9 Å². The molecule has 1 amide bonds. The summed E-state index contributed by atoms with van der Waals surface area (Å²) in [6, 6.07) is 13.6. The molecule has 2 heterocycles. The molecule has 5 nitrogen and oxygen atoms in total. The largest absolute Gasteiger partial charge is 0.348 e. The minimum atomic E-state index is -0.153. The number of carbonyl (C=O) groups excluding carboxylic acids is 1. The Morgan fingerprint density at radius 3 is 2.77 bits per heavy atom. The van der Waals surface area contributed by atoms with E-state index in [9.17, 15) is 4.79 Å². The van der Waals surface area contributed by atoms with Gasteiger partial charge in [-0.3, -0.25) is 4.79 Å². The molecule has 1 unspecified atom stereocenters. The second-order valence-corrected chi connectivity index (χ2v) is 5.29. The maximum atomic E-state index is 12.1. The first-order chi connectivity index (χ1) is 10.7. The Morgan fingerprint density at radius 1 is 1.27 bits per heavy atom. The molecular formula is C17H18N4O. The number of rotatable bonds is 4. The van der Waals surface area contributed by atoms with Gasteiger partial charge < -0.3 is 5.32 Å². The van der Waals surface area contributed by atoms with Gasteiger partial charge >= 0.3 is 0 Å². The van der Waals surface area contributed by atoms with Gasteiger partial charge in [-0.25, -0.2) is 9.50 Å². The van der Waals surface area contributed by atoms with Crippen molar-refractivity contribution in [3.05, 3.63) is 54.4 Å². The van der Waals surface area contributed by atoms with E-state index < -0.39 is 0 Å². The number of aromatic nitrogens is 3. The van der Waals surface area contributed by atoms with Crippen LogP contribution in [0.1, 0.15) is 30.8 Å². The molecule has 0 fully saturated rings. The molecule has 5 heteroatoms. The number of amides is 1. The summed E-state index contributed by atoms with van der Waals surface area (Å²) in [5, 5.41) is 7.40. The first-order valence-corrected chi connectivity index (χ1v) is 7.40. The molecule has 0 spiro atoms. The van der Waals surface area contributed by atoms with Gasteiger partial charge in [0.15, 0.2) is 5.65 Å². The van der Waals surface area contributed by atoms with Crippen molar-refractivity contribution in [2.45, 2.75) is 26.3 Å². The van der Waals surface area contributed by atoms with E-state index in [1.807, 2.05) is 50.2 Å². The number of fused-ring (bicyclic) bond motifs is 1. The van der Waals surface area contributed by atoms with E-state index >= 15 is 0 Å². The molecule has 1 atom stereocenters. The molecule has 22 heavy (non-hydrogen) atoms. The smallest absolute Gasteiger partial charge is 0.270 e. The standard InChI is InChI=1S/C17H18N4O/c1-3-12(2)18-17(22)14-9-10-21-16(19-14)11-15(20-21)13-7-5-4-6-8-13/h4-12H,3H2,1-2H3,(H,18,22). The molecule has 0 aliphatic carbocycles. The summed E-state index contributed by atoms with van der Waals surface area (Å²) in [5.74, 6) is -0.153. The van der Waals surface area contributed by atoms with Crippen LogP contribution in [0.4, 0.5) is 0 Å². The number of carbonyl (C=O) groups is 1. The summed E-state index contributed by atoms with van der Waals surface area (Å²) in [7, 11) is 0. The van der Waals surface area contributed by atoms with E-state index in [-0.39, 0.29) is 11.9 Å². The number of benzene rings is 1. The summed E-state index contributed by atoms with van der Waals surface area (Å²) in [6.07, 6.45) is 2.65. The van der Waals surface area contributed by atoms with Crippen molar-refractivity contribution in [3.63, 3.8) is 0 Å². The van der Waals surface area contributed by atoms with Crippen molar-refractivity contribution in [1.82, 2.24) is 19.9 Å². The predicted molar refractivity (Wildman–Crippen MR) is 85.6 cm³/mol. The molecule has 2 aromatic heterocycles. The normalized spacial score (nSPS) is 12.3. The van der Waals surface area contributed by atoms with E-state index in [1.54, 1.807) is 16.8 Å². The van der Waals surface area contributed by atoms with Crippen molar-refractivity contribution < 1.29 is 4.79 Å². The lowest BCUT2D eigenvalue weighted by atomic mass is 10.2. The number of hydrogen-bond acceptors (Lipinski definition) is 3. The summed E-state index contributed by atoms with van der Waals surface area (Å²) < 4.78 is 1.68. The summed E-state index contributed by atoms with van der Waals surface area (Å²) in [4.78, 5) is 16.5. The maximum Gasteiger partial charge on any atom is 0.270 e. The molecule has 0 aliphatic heterocycles. The summed E-state index contributed by atoms with van der Waals surface area (Å²) >= 11 is 0. The molecule has 0 radical (unpaired) electrons. The molecule has 1 N–H and O–H groups in total. The lowest BCUT2D eigenvalue weighted by Crippen LogP contribution is -2.32. The highest BCUT2D eigenvalue weighted by Crippen LogP contribution is 2.18. The lowest BCUT2D eigenvalue weighted by Gasteiger charge is -2.10. The zero-order chi connectivity index (χ0) is 15.5. The van der Waals surface area contributed by atoms with Crippen LogP contribution in [0.15, 0.2) is 48.7 Å². The monoisotopic (exact) mass is 294 g/mol. The Bertz CT molecular complexity index is 795. The first kappa shape index (κ1) is 14.3. The zero-order valence-electron chi connectivity index (χ0n) is 12.7. The highest BCUT2D eigenvalue weighted by atomic mass is 16.1. The average Bonchev–Trinajstić information content (AvgIpc) is 2.98. The van der Waals surface area contributed by atoms with E-state index in [0.717, 1.165) is 17.7 Å². The van der Waals surface area contributed by atoms with Gasteiger partial charge in [0.2, 0.25) is 0 Å². The third kappa shape index (κ3) is 2.83. The quantitative estimate of drug-likeness (QED) is 0.805. The van der Waals surface area contributed by atoms with Crippen molar-refractivity contribution >= 4 is 11.6 Å². The topological polar surface area (TPSA) is 59.3 Å². The highest BCUT2D eigenvalue weighted by molar-refractivity contribution is 5.92. The van der Waals surface area contributed by atoms with Crippen LogP contribution in [-0.4, -0.2) is 26.5 Å². The lowest BCUT2D eigenvalue weighted by molar-refractivity contribution is 0.0934. The van der Waals surface area contributed by atoms with E-state index in [0.29, 0.717) is 11.3 Å². The molecule has 0 aliphatic rings. The van der Waals surface area contributed by atoms with Crippen molar-refractivity contribution in [3.8, 4) is 11.3 Å². The molecular weight excluding hydrogens is 276 g/mol. The van der Waals surface area contributed by atoms with Crippen molar-refractivity contribution in [1.29, 1.82) is 0 Å². The molecule has 0 saturated carbocycles. The van der Waals surface area contributed by atoms with Crippen molar-refractivity contribution in [2.24, 2.45) is 0 Å². The maximum absolute atomic E-state index is 12.1. The van der Waals surface area contributed by atoms with Gasteiger partial charge in [0.25, 0.3) is 5.91 Å². The predicted octanol–water partition coefficient (Wildman–Crippen LogP) is 2.92. The van der Waals surface area contributed by atoms with Crippen LogP contribution in [0.2, 0.25) is 0 Å².